The van der Waals surface area contributed by atoms with Gasteiger partial charge in [0.2, 0.25) is 0 Å². The van der Waals surface area contributed by atoms with Crippen molar-refractivity contribution in [2.75, 3.05) is 13.1 Å². The van der Waals surface area contributed by atoms with Crippen LogP contribution >= 0.6 is 0 Å². The lowest BCUT2D eigenvalue weighted by molar-refractivity contribution is -0.137. The highest BCUT2D eigenvalue weighted by atomic mass is 19.4. The van der Waals surface area contributed by atoms with Gasteiger partial charge in [-0.1, -0.05) is 25.1 Å². The van der Waals surface area contributed by atoms with E-state index >= 15 is 0 Å². The highest BCUT2D eigenvalue weighted by molar-refractivity contribution is 5.25. The number of hydrogen-bond acceptors (Lipinski definition) is 2. The fourth-order valence-electron chi connectivity index (χ4n) is 2.59. The Bertz CT molecular complexity index is 451. The van der Waals surface area contributed by atoms with Gasteiger partial charge in [0, 0.05) is 19.6 Å². The first kappa shape index (κ1) is 15.3. The Morgan fingerprint density at radius 1 is 1.25 bits per heavy atom. The van der Waals surface area contributed by atoms with E-state index in [1.165, 1.54) is 12.1 Å². The van der Waals surface area contributed by atoms with Crippen LogP contribution in [0, 0.1) is 0 Å². The van der Waals surface area contributed by atoms with Gasteiger partial charge in [0.05, 0.1) is 11.2 Å². The molecule has 1 N–H and O–H groups in total. The summed E-state index contributed by atoms with van der Waals surface area (Å²) in [6, 6.07) is 5.47. The first-order chi connectivity index (χ1) is 9.32. The number of hydrogen-bond donors (Lipinski definition) is 1. The SMILES string of the molecule is CCC1(O)CCN(Cc2cccc(C(F)(F)F)c2)CC1. The molecule has 20 heavy (non-hydrogen) atoms. The highest BCUT2D eigenvalue weighted by Gasteiger charge is 2.32. The summed E-state index contributed by atoms with van der Waals surface area (Å²) in [6.07, 6.45) is -2.20. The smallest absolute Gasteiger partial charge is 0.390 e. The van der Waals surface area contributed by atoms with Gasteiger partial charge in [0.1, 0.15) is 0 Å². The number of rotatable bonds is 3. The Kier molecular flexibility index (Phi) is 4.39. The second-order valence-electron chi connectivity index (χ2n) is 5.55. The number of alkyl halides is 3. The first-order valence-electron chi connectivity index (χ1n) is 6.93. The summed E-state index contributed by atoms with van der Waals surface area (Å²) in [6.45, 7) is 3.91. The van der Waals surface area contributed by atoms with Crippen LogP contribution < -0.4 is 0 Å². The van der Waals surface area contributed by atoms with Crippen LogP contribution in [0.15, 0.2) is 24.3 Å². The molecule has 0 aliphatic carbocycles. The minimum Gasteiger partial charge on any atom is -0.390 e. The fraction of sp³-hybridized carbons (Fsp3) is 0.600. The van der Waals surface area contributed by atoms with Crippen LogP contribution in [0.5, 0.6) is 0 Å². The van der Waals surface area contributed by atoms with E-state index in [1.54, 1.807) is 6.07 Å². The summed E-state index contributed by atoms with van der Waals surface area (Å²) in [4.78, 5) is 2.10. The molecule has 1 aromatic rings. The quantitative estimate of drug-likeness (QED) is 0.920. The number of nitrogens with zero attached hydrogens (tertiary/aromatic N) is 1. The van der Waals surface area contributed by atoms with Crippen LogP contribution in [0.25, 0.3) is 0 Å². The third-order valence-corrected chi connectivity index (χ3v) is 4.11. The first-order valence-corrected chi connectivity index (χ1v) is 6.93. The summed E-state index contributed by atoms with van der Waals surface area (Å²) in [7, 11) is 0. The molecule has 1 aliphatic rings. The van der Waals surface area contributed by atoms with Crippen molar-refractivity contribution in [3.8, 4) is 0 Å². The maximum atomic E-state index is 12.6. The van der Waals surface area contributed by atoms with Gasteiger partial charge in [-0.25, -0.2) is 0 Å². The Morgan fingerprint density at radius 2 is 1.90 bits per heavy atom. The van der Waals surface area contributed by atoms with Gasteiger partial charge < -0.3 is 5.11 Å². The van der Waals surface area contributed by atoms with Gasteiger partial charge in [-0.2, -0.15) is 13.2 Å². The molecule has 0 radical (unpaired) electrons. The summed E-state index contributed by atoms with van der Waals surface area (Å²) >= 11 is 0. The third-order valence-electron chi connectivity index (χ3n) is 4.11. The molecule has 0 bridgehead atoms. The number of piperidine rings is 1. The number of likely N-dealkylation sites (tertiary alicyclic amines) is 1. The van der Waals surface area contributed by atoms with Crippen LogP contribution in [0.1, 0.15) is 37.3 Å². The topological polar surface area (TPSA) is 23.5 Å². The van der Waals surface area contributed by atoms with Crippen LogP contribution in [-0.2, 0) is 12.7 Å². The Labute approximate surface area is 117 Å². The van der Waals surface area contributed by atoms with Gasteiger partial charge in [0.25, 0.3) is 0 Å². The lowest BCUT2D eigenvalue weighted by atomic mass is 9.89. The van der Waals surface area contributed by atoms with Crippen LogP contribution in [-0.4, -0.2) is 28.7 Å². The molecule has 0 amide bonds. The van der Waals surface area contributed by atoms with Crippen molar-refractivity contribution < 1.29 is 18.3 Å². The maximum absolute atomic E-state index is 12.6. The van der Waals surface area contributed by atoms with Crippen LogP contribution in [0.3, 0.4) is 0 Å². The molecule has 112 valence electrons. The van der Waals surface area contributed by atoms with E-state index in [0.717, 1.165) is 25.6 Å². The third kappa shape index (κ3) is 3.73. The molecular formula is C15H20F3NO. The standard InChI is InChI=1S/C15H20F3NO/c1-2-14(20)6-8-19(9-7-14)11-12-4-3-5-13(10-12)15(16,17)18/h3-5,10,20H,2,6-9,11H2,1H3. The molecule has 0 saturated carbocycles. The van der Waals surface area contributed by atoms with Crippen molar-refractivity contribution in [2.45, 2.75) is 44.5 Å². The minimum atomic E-state index is -4.29. The minimum absolute atomic E-state index is 0.504. The molecule has 1 aliphatic heterocycles. The van der Waals surface area contributed by atoms with Gasteiger partial charge in [-0.3, -0.25) is 4.90 Å². The second-order valence-corrected chi connectivity index (χ2v) is 5.55. The van der Waals surface area contributed by atoms with E-state index in [0.29, 0.717) is 24.9 Å². The predicted molar refractivity (Wildman–Crippen MR) is 71.2 cm³/mol. The Morgan fingerprint density at radius 3 is 2.45 bits per heavy atom. The van der Waals surface area contributed by atoms with Crippen molar-refractivity contribution in [1.82, 2.24) is 4.90 Å². The molecule has 0 spiro atoms. The zero-order valence-corrected chi connectivity index (χ0v) is 11.6. The molecule has 0 aromatic heterocycles. The molecule has 2 rings (SSSR count). The molecular weight excluding hydrogens is 267 g/mol. The molecule has 0 atom stereocenters. The Balaban J connectivity index is 1.98. The summed E-state index contributed by atoms with van der Waals surface area (Å²) in [5, 5.41) is 10.1. The molecule has 1 heterocycles. The van der Waals surface area contributed by atoms with Crippen molar-refractivity contribution in [1.29, 1.82) is 0 Å². The predicted octanol–water partition coefficient (Wildman–Crippen LogP) is 3.44. The zero-order chi connectivity index (χ0) is 14.8. The van der Waals surface area contributed by atoms with Crippen molar-refractivity contribution >= 4 is 0 Å². The molecule has 5 heteroatoms. The average Bonchev–Trinajstić information content (AvgIpc) is 2.41. The van der Waals surface area contributed by atoms with Crippen molar-refractivity contribution in [3.05, 3.63) is 35.4 Å². The van der Waals surface area contributed by atoms with Gasteiger partial charge in [-0.05, 0) is 30.9 Å². The van der Waals surface area contributed by atoms with Gasteiger partial charge in [0.15, 0.2) is 0 Å². The summed E-state index contributed by atoms with van der Waals surface area (Å²) in [5.74, 6) is 0. The monoisotopic (exact) mass is 287 g/mol. The molecule has 1 saturated heterocycles. The number of benzene rings is 1. The fourth-order valence-corrected chi connectivity index (χ4v) is 2.59. The van der Waals surface area contributed by atoms with Crippen molar-refractivity contribution in [2.24, 2.45) is 0 Å². The lowest BCUT2D eigenvalue weighted by Crippen LogP contribution is -2.43. The van der Waals surface area contributed by atoms with E-state index in [2.05, 4.69) is 4.90 Å². The van der Waals surface area contributed by atoms with E-state index in [-0.39, 0.29) is 0 Å². The molecule has 1 fully saturated rings. The molecule has 1 aromatic carbocycles. The summed E-state index contributed by atoms with van der Waals surface area (Å²) < 4.78 is 37.9. The van der Waals surface area contributed by atoms with E-state index in [9.17, 15) is 18.3 Å². The largest absolute Gasteiger partial charge is 0.416 e. The summed E-state index contributed by atoms with van der Waals surface area (Å²) in [5.41, 5.74) is -0.525. The second kappa shape index (κ2) is 5.74. The van der Waals surface area contributed by atoms with E-state index in [1.807, 2.05) is 6.92 Å². The maximum Gasteiger partial charge on any atom is 0.416 e. The zero-order valence-electron chi connectivity index (χ0n) is 11.6. The van der Waals surface area contributed by atoms with Crippen LogP contribution in [0.2, 0.25) is 0 Å². The molecule has 2 nitrogen and oxygen atoms in total. The number of aliphatic hydroxyl groups is 1. The van der Waals surface area contributed by atoms with E-state index < -0.39 is 17.3 Å². The van der Waals surface area contributed by atoms with Crippen LogP contribution in [0.4, 0.5) is 13.2 Å². The number of halogens is 3. The molecule has 0 unspecified atom stereocenters. The van der Waals surface area contributed by atoms with E-state index in [4.69, 9.17) is 0 Å². The van der Waals surface area contributed by atoms with Gasteiger partial charge >= 0.3 is 6.18 Å². The lowest BCUT2D eigenvalue weighted by Gasteiger charge is -2.37. The highest BCUT2D eigenvalue weighted by Crippen LogP contribution is 2.30. The average molecular weight is 287 g/mol. The van der Waals surface area contributed by atoms with Crippen molar-refractivity contribution in [3.63, 3.8) is 0 Å². The Hall–Kier alpha value is -1.07. The van der Waals surface area contributed by atoms with Gasteiger partial charge in [-0.15, -0.1) is 0 Å². The normalized spacial score (nSPS) is 20.1.